The number of aromatic hydroxyl groups is 1. The number of rotatable bonds is 7. The molecule has 0 radical (unpaired) electrons. The Morgan fingerprint density at radius 1 is 1.12 bits per heavy atom. The van der Waals surface area contributed by atoms with Crippen LogP contribution in [0.2, 0.25) is 5.02 Å². The second kappa shape index (κ2) is 10.7. The Balaban J connectivity index is 0.00000139. The molecule has 0 unspecified atom stereocenters. The van der Waals surface area contributed by atoms with Gasteiger partial charge in [-0.2, -0.15) is 0 Å². The lowest BCUT2D eigenvalue weighted by atomic mass is 10.1. The minimum Gasteiger partial charge on any atom is -0.508 e. The van der Waals surface area contributed by atoms with Gasteiger partial charge < -0.3 is 15.7 Å². The maximum atomic E-state index is 9.24. The van der Waals surface area contributed by atoms with Gasteiger partial charge >= 0.3 is 0 Å². The first-order chi connectivity index (χ1) is 11.5. The summed E-state index contributed by atoms with van der Waals surface area (Å²) >= 11 is 6.30. The zero-order chi connectivity index (χ0) is 17.9. The fraction of sp³-hybridized carbons (Fsp3) is 0.300. The second-order valence-corrected chi connectivity index (χ2v) is 5.71. The Hall–Kier alpha value is -1.97. The molecule has 0 heterocycles. The molecule has 0 atom stereocenters. The van der Waals surface area contributed by atoms with Crippen molar-refractivity contribution in [3.63, 3.8) is 0 Å². The molecule has 0 saturated carbocycles. The highest BCUT2D eigenvalue weighted by atomic mass is 35.5. The summed E-state index contributed by atoms with van der Waals surface area (Å²) in [5, 5.41) is 16.5. The number of halogens is 1. The second-order valence-electron chi connectivity index (χ2n) is 5.30. The van der Waals surface area contributed by atoms with Crippen LogP contribution in [0.3, 0.4) is 0 Å². The minimum atomic E-state index is 0.291. The number of allylic oxidation sites excluding steroid dienone is 1. The van der Waals surface area contributed by atoms with Gasteiger partial charge in [0.05, 0.1) is 0 Å². The molecule has 0 aliphatic heterocycles. The quantitative estimate of drug-likeness (QED) is 0.592. The molecule has 0 amide bonds. The number of benzene rings is 2. The molecular weight excluding hydrogens is 320 g/mol. The summed E-state index contributed by atoms with van der Waals surface area (Å²) < 4.78 is 0. The van der Waals surface area contributed by atoms with Crippen molar-refractivity contribution in [1.29, 1.82) is 0 Å². The van der Waals surface area contributed by atoms with Crippen LogP contribution in [0.4, 0.5) is 5.69 Å². The number of anilines is 1. The largest absolute Gasteiger partial charge is 0.508 e. The van der Waals surface area contributed by atoms with Gasteiger partial charge in [0, 0.05) is 23.0 Å². The van der Waals surface area contributed by atoms with E-state index in [0.29, 0.717) is 5.75 Å². The van der Waals surface area contributed by atoms with Gasteiger partial charge in [0.25, 0.3) is 0 Å². The highest BCUT2D eigenvalue weighted by Crippen LogP contribution is 2.22. The molecule has 3 N–H and O–H groups in total. The zero-order valence-corrected chi connectivity index (χ0v) is 15.5. The number of nitrogens with one attached hydrogen (secondary N) is 2. The molecule has 0 spiro atoms. The van der Waals surface area contributed by atoms with E-state index in [1.165, 1.54) is 0 Å². The molecule has 24 heavy (non-hydrogen) atoms. The van der Waals surface area contributed by atoms with Crippen molar-refractivity contribution in [1.82, 2.24) is 5.32 Å². The van der Waals surface area contributed by atoms with Crippen molar-refractivity contribution in [2.75, 3.05) is 11.9 Å². The van der Waals surface area contributed by atoms with Gasteiger partial charge in [-0.3, -0.25) is 0 Å². The average molecular weight is 347 g/mol. The molecule has 3 nitrogen and oxygen atoms in total. The van der Waals surface area contributed by atoms with E-state index in [4.69, 9.17) is 11.6 Å². The van der Waals surface area contributed by atoms with Crippen molar-refractivity contribution in [2.24, 2.45) is 0 Å². The van der Waals surface area contributed by atoms with E-state index < -0.39 is 0 Å². The minimum absolute atomic E-state index is 0.291. The Morgan fingerprint density at radius 2 is 1.79 bits per heavy atom. The predicted molar refractivity (Wildman–Crippen MR) is 105 cm³/mol. The average Bonchev–Trinajstić information content (AvgIpc) is 2.56. The fourth-order valence-corrected chi connectivity index (χ4v) is 2.42. The third-order valence-electron chi connectivity index (χ3n) is 3.25. The van der Waals surface area contributed by atoms with Crippen LogP contribution in [0.15, 0.2) is 54.7 Å². The number of hydrogen-bond acceptors (Lipinski definition) is 3. The van der Waals surface area contributed by atoms with Crippen LogP contribution in [0.25, 0.3) is 0 Å². The molecule has 2 aromatic carbocycles. The molecule has 0 fully saturated rings. The molecule has 0 aliphatic rings. The van der Waals surface area contributed by atoms with E-state index >= 15 is 0 Å². The topological polar surface area (TPSA) is 44.3 Å². The van der Waals surface area contributed by atoms with Gasteiger partial charge in [-0.1, -0.05) is 50.2 Å². The van der Waals surface area contributed by atoms with E-state index in [-0.39, 0.29) is 0 Å². The van der Waals surface area contributed by atoms with Crippen molar-refractivity contribution < 1.29 is 5.11 Å². The van der Waals surface area contributed by atoms with Crippen molar-refractivity contribution >= 4 is 17.3 Å². The maximum Gasteiger partial charge on any atom is 0.115 e. The third-order valence-corrected chi connectivity index (χ3v) is 3.60. The lowest BCUT2D eigenvalue weighted by molar-refractivity contribution is 0.475. The van der Waals surface area contributed by atoms with Crippen LogP contribution in [0.1, 0.15) is 31.9 Å². The molecule has 0 saturated heterocycles. The van der Waals surface area contributed by atoms with Crippen LogP contribution < -0.4 is 10.6 Å². The van der Waals surface area contributed by atoms with Crippen LogP contribution in [0, 0.1) is 0 Å². The molecule has 0 aromatic heterocycles. The van der Waals surface area contributed by atoms with Crippen molar-refractivity contribution in [2.45, 2.75) is 33.7 Å². The lowest BCUT2D eigenvalue weighted by Crippen LogP contribution is -2.16. The number of phenols is 1. The first-order valence-corrected chi connectivity index (χ1v) is 8.62. The highest BCUT2D eigenvalue weighted by Gasteiger charge is 2.02. The smallest absolute Gasteiger partial charge is 0.115 e. The summed E-state index contributed by atoms with van der Waals surface area (Å²) in [5.74, 6) is 0.291. The Kier molecular flexibility index (Phi) is 8.98. The number of phenolic OH excluding ortho intramolecular Hbond substituents is 1. The van der Waals surface area contributed by atoms with Gasteiger partial charge in [0.2, 0.25) is 0 Å². The third kappa shape index (κ3) is 7.07. The first kappa shape index (κ1) is 20.1. The maximum absolute atomic E-state index is 9.24. The van der Waals surface area contributed by atoms with Gasteiger partial charge in [0.1, 0.15) is 5.75 Å². The van der Waals surface area contributed by atoms with Gasteiger partial charge in [-0.05, 0) is 55.3 Å². The predicted octanol–water partition coefficient (Wildman–Crippen LogP) is 5.35. The molecular formula is C20H27ClN2O. The summed E-state index contributed by atoms with van der Waals surface area (Å²) in [6.07, 6.45) is 0.865. The standard InChI is InChI=1S/C18H21ClN2O.C2H6/c1-13(2)21-16-6-5-15(18(19)11-16)9-10-20-12-14-3-7-17(22)8-4-14;1-2/h3-8,11,20-22H,1,9-10,12H2,2H3;1-2H3. The Morgan fingerprint density at radius 3 is 2.38 bits per heavy atom. The van der Waals surface area contributed by atoms with Crippen molar-refractivity contribution in [3.8, 4) is 5.75 Å². The van der Waals surface area contributed by atoms with Gasteiger partial charge in [0.15, 0.2) is 0 Å². The molecule has 0 bridgehead atoms. The fourth-order valence-electron chi connectivity index (χ4n) is 2.14. The zero-order valence-electron chi connectivity index (χ0n) is 14.7. The van der Waals surface area contributed by atoms with E-state index in [0.717, 1.165) is 47.0 Å². The highest BCUT2D eigenvalue weighted by molar-refractivity contribution is 6.31. The van der Waals surface area contributed by atoms with E-state index in [1.807, 2.05) is 51.1 Å². The Bertz CT molecular complexity index is 639. The van der Waals surface area contributed by atoms with Gasteiger partial charge in [-0.15, -0.1) is 0 Å². The summed E-state index contributed by atoms with van der Waals surface area (Å²) in [5.41, 5.74) is 4.11. The first-order valence-electron chi connectivity index (χ1n) is 8.24. The normalized spacial score (nSPS) is 9.83. The summed E-state index contributed by atoms with van der Waals surface area (Å²) in [6, 6.07) is 13.2. The lowest BCUT2D eigenvalue weighted by Gasteiger charge is -2.10. The molecule has 130 valence electrons. The van der Waals surface area contributed by atoms with E-state index in [1.54, 1.807) is 12.1 Å². The molecule has 4 heteroatoms. The van der Waals surface area contributed by atoms with E-state index in [2.05, 4.69) is 17.2 Å². The van der Waals surface area contributed by atoms with Crippen LogP contribution >= 0.6 is 11.6 Å². The van der Waals surface area contributed by atoms with Crippen molar-refractivity contribution in [3.05, 3.63) is 70.9 Å². The van der Waals surface area contributed by atoms with Gasteiger partial charge in [-0.25, -0.2) is 0 Å². The molecule has 0 aliphatic carbocycles. The number of hydrogen-bond donors (Lipinski definition) is 3. The summed E-state index contributed by atoms with van der Waals surface area (Å²) in [7, 11) is 0. The molecule has 2 aromatic rings. The van der Waals surface area contributed by atoms with E-state index in [9.17, 15) is 5.11 Å². The monoisotopic (exact) mass is 346 g/mol. The Labute approximate surface area is 150 Å². The van der Waals surface area contributed by atoms with Crippen LogP contribution in [-0.4, -0.2) is 11.7 Å². The summed E-state index contributed by atoms with van der Waals surface area (Å²) in [6.45, 7) is 11.3. The summed E-state index contributed by atoms with van der Waals surface area (Å²) in [4.78, 5) is 0. The van der Waals surface area contributed by atoms with Crippen LogP contribution in [0.5, 0.6) is 5.75 Å². The SMILES string of the molecule is C=C(C)Nc1ccc(CCNCc2ccc(O)cc2)c(Cl)c1.CC. The molecule has 2 rings (SSSR count). The van der Waals surface area contributed by atoms with Crippen LogP contribution in [-0.2, 0) is 13.0 Å².